The first kappa shape index (κ1) is 19.9. The molecule has 2 aromatic rings. The highest BCUT2D eigenvalue weighted by Crippen LogP contribution is 2.44. The van der Waals surface area contributed by atoms with Crippen LogP contribution in [0.3, 0.4) is 0 Å². The minimum absolute atomic E-state index is 0.291. The van der Waals surface area contributed by atoms with Crippen molar-refractivity contribution in [3.05, 3.63) is 76.4 Å². The molecule has 0 nitrogen and oxygen atoms in total. The van der Waals surface area contributed by atoms with E-state index in [1.165, 1.54) is 71.9 Å². The van der Waals surface area contributed by atoms with Gasteiger partial charge in [-0.05, 0) is 84.8 Å². The van der Waals surface area contributed by atoms with Gasteiger partial charge in [-0.1, -0.05) is 81.7 Å². The Morgan fingerprint density at radius 1 is 0.963 bits per heavy atom. The van der Waals surface area contributed by atoms with E-state index in [0.717, 1.165) is 11.5 Å². The fourth-order valence-corrected chi connectivity index (χ4v) is 5.14. The second-order valence-corrected chi connectivity index (χ2v) is 8.94. The SMILES string of the molecule is C=C(c1ccc(C)cc1)c1c(C)cc(C(C)(CC)C2CCCCC2)cc1C. The second-order valence-electron chi connectivity index (χ2n) is 8.94. The Hall–Kier alpha value is -1.82. The van der Waals surface area contributed by atoms with Crippen molar-refractivity contribution in [1.29, 1.82) is 0 Å². The highest BCUT2D eigenvalue weighted by molar-refractivity contribution is 5.81. The standard InChI is InChI=1S/C27H36/c1-7-27(6,24-11-9-8-10-12-24)25-17-20(3)26(21(4)18-25)22(5)23-15-13-19(2)14-16-23/h13-18,24H,5,7-12H2,1-4,6H3. The van der Waals surface area contributed by atoms with E-state index in [2.05, 4.69) is 77.6 Å². The molecule has 0 aliphatic heterocycles. The van der Waals surface area contributed by atoms with Crippen LogP contribution in [-0.2, 0) is 5.41 Å². The Kier molecular flexibility index (Phi) is 5.94. The van der Waals surface area contributed by atoms with E-state index in [1.807, 2.05) is 0 Å². The Morgan fingerprint density at radius 2 is 1.52 bits per heavy atom. The van der Waals surface area contributed by atoms with Crippen molar-refractivity contribution < 1.29 is 0 Å². The third-order valence-corrected chi connectivity index (χ3v) is 7.13. The molecule has 0 aromatic heterocycles. The molecule has 0 spiro atoms. The van der Waals surface area contributed by atoms with Gasteiger partial charge in [0.1, 0.15) is 0 Å². The van der Waals surface area contributed by atoms with Gasteiger partial charge in [-0.2, -0.15) is 0 Å². The maximum atomic E-state index is 4.45. The third kappa shape index (κ3) is 3.91. The summed E-state index contributed by atoms with van der Waals surface area (Å²) in [5, 5.41) is 0. The lowest BCUT2D eigenvalue weighted by Crippen LogP contribution is -2.33. The predicted molar refractivity (Wildman–Crippen MR) is 119 cm³/mol. The summed E-state index contributed by atoms with van der Waals surface area (Å²) in [7, 11) is 0. The molecule has 1 saturated carbocycles. The fourth-order valence-electron chi connectivity index (χ4n) is 5.14. The summed E-state index contributed by atoms with van der Waals surface area (Å²) in [6, 6.07) is 13.7. The molecule has 1 aliphatic carbocycles. The Morgan fingerprint density at radius 3 is 2.04 bits per heavy atom. The molecule has 144 valence electrons. The van der Waals surface area contributed by atoms with Crippen molar-refractivity contribution in [3.63, 3.8) is 0 Å². The summed E-state index contributed by atoms with van der Waals surface area (Å²) >= 11 is 0. The lowest BCUT2D eigenvalue weighted by molar-refractivity contribution is 0.212. The van der Waals surface area contributed by atoms with Gasteiger partial charge in [0, 0.05) is 0 Å². The van der Waals surface area contributed by atoms with Crippen LogP contribution in [0.4, 0.5) is 0 Å². The summed E-state index contributed by atoms with van der Waals surface area (Å²) in [6.07, 6.45) is 8.22. The Labute approximate surface area is 166 Å². The zero-order valence-corrected chi connectivity index (χ0v) is 18.0. The van der Waals surface area contributed by atoms with Gasteiger partial charge >= 0.3 is 0 Å². The molecule has 0 amide bonds. The zero-order chi connectivity index (χ0) is 19.6. The van der Waals surface area contributed by atoms with Gasteiger partial charge in [0.2, 0.25) is 0 Å². The topological polar surface area (TPSA) is 0 Å². The largest absolute Gasteiger partial charge is 0.0905 e. The van der Waals surface area contributed by atoms with Crippen LogP contribution >= 0.6 is 0 Å². The molecular formula is C27H36. The van der Waals surface area contributed by atoms with Gasteiger partial charge in [0.05, 0.1) is 0 Å². The Balaban J connectivity index is 1.98. The summed E-state index contributed by atoms with van der Waals surface area (Å²) in [6.45, 7) is 16.0. The summed E-state index contributed by atoms with van der Waals surface area (Å²) in [4.78, 5) is 0. The first-order valence-electron chi connectivity index (χ1n) is 10.7. The van der Waals surface area contributed by atoms with E-state index in [-0.39, 0.29) is 0 Å². The molecular weight excluding hydrogens is 324 g/mol. The van der Waals surface area contributed by atoms with Crippen molar-refractivity contribution in [2.24, 2.45) is 5.92 Å². The van der Waals surface area contributed by atoms with E-state index in [0.29, 0.717) is 5.41 Å². The molecule has 1 atom stereocenters. The van der Waals surface area contributed by atoms with Crippen molar-refractivity contribution in [3.8, 4) is 0 Å². The van der Waals surface area contributed by atoms with E-state index < -0.39 is 0 Å². The van der Waals surface area contributed by atoms with Gasteiger partial charge in [-0.15, -0.1) is 0 Å². The molecule has 1 aliphatic rings. The molecule has 0 bridgehead atoms. The third-order valence-electron chi connectivity index (χ3n) is 7.13. The maximum Gasteiger partial charge on any atom is -0.00494 e. The smallest absolute Gasteiger partial charge is 0.00494 e. The van der Waals surface area contributed by atoms with Crippen LogP contribution in [0.15, 0.2) is 43.0 Å². The van der Waals surface area contributed by atoms with Gasteiger partial charge in [0.25, 0.3) is 0 Å². The average Bonchev–Trinajstić information content (AvgIpc) is 2.67. The molecule has 27 heavy (non-hydrogen) atoms. The van der Waals surface area contributed by atoms with Crippen LogP contribution in [0.5, 0.6) is 0 Å². The number of aryl methyl sites for hydroxylation is 3. The highest BCUT2D eigenvalue weighted by atomic mass is 14.4. The zero-order valence-electron chi connectivity index (χ0n) is 18.0. The average molecular weight is 361 g/mol. The first-order valence-corrected chi connectivity index (χ1v) is 10.7. The van der Waals surface area contributed by atoms with Gasteiger partial charge in [-0.25, -0.2) is 0 Å². The summed E-state index contributed by atoms with van der Waals surface area (Å²) in [5.41, 5.74) is 9.55. The fraction of sp³-hybridized carbons (Fsp3) is 0.481. The van der Waals surface area contributed by atoms with Crippen LogP contribution in [0, 0.1) is 26.7 Å². The van der Waals surface area contributed by atoms with Crippen molar-refractivity contribution in [2.75, 3.05) is 0 Å². The lowest BCUT2D eigenvalue weighted by atomic mass is 9.64. The van der Waals surface area contributed by atoms with Crippen molar-refractivity contribution >= 4 is 5.57 Å². The summed E-state index contributed by atoms with van der Waals surface area (Å²) in [5.74, 6) is 0.821. The molecule has 0 heteroatoms. The number of hydrogen-bond acceptors (Lipinski definition) is 0. The van der Waals surface area contributed by atoms with Crippen molar-refractivity contribution in [2.45, 2.75) is 78.6 Å². The van der Waals surface area contributed by atoms with Crippen LogP contribution in [0.2, 0.25) is 0 Å². The lowest BCUT2D eigenvalue weighted by Gasteiger charge is -2.40. The van der Waals surface area contributed by atoms with Crippen molar-refractivity contribution in [1.82, 2.24) is 0 Å². The second kappa shape index (κ2) is 8.05. The molecule has 0 saturated heterocycles. The van der Waals surface area contributed by atoms with E-state index in [4.69, 9.17) is 0 Å². The molecule has 3 rings (SSSR count). The maximum absolute atomic E-state index is 4.45. The minimum Gasteiger partial charge on any atom is -0.0905 e. The van der Waals surface area contributed by atoms with Gasteiger partial charge in [-0.3, -0.25) is 0 Å². The van der Waals surface area contributed by atoms with Crippen LogP contribution in [0.1, 0.15) is 85.8 Å². The monoisotopic (exact) mass is 360 g/mol. The van der Waals surface area contributed by atoms with E-state index in [1.54, 1.807) is 0 Å². The number of benzene rings is 2. The number of rotatable bonds is 5. The Bertz CT molecular complexity index is 779. The minimum atomic E-state index is 0.291. The molecule has 1 unspecified atom stereocenters. The predicted octanol–water partition coefficient (Wildman–Crippen LogP) is 7.92. The molecule has 0 radical (unpaired) electrons. The van der Waals surface area contributed by atoms with E-state index >= 15 is 0 Å². The van der Waals surface area contributed by atoms with Crippen LogP contribution < -0.4 is 0 Å². The molecule has 2 aromatic carbocycles. The molecule has 0 N–H and O–H groups in total. The van der Waals surface area contributed by atoms with Gasteiger partial charge < -0.3 is 0 Å². The normalized spacial score (nSPS) is 17.5. The summed E-state index contributed by atoms with van der Waals surface area (Å²) < 4.78 is 0. The molecule has 1 fully saturated rings. The van der Waals surface area contributed by atoms with Gasteiger partial charge in [0.15, 0.2) is 0 Å². The van der Waals surface area contributed by atoms with Crippen LogP contribution in [0.25, 0.3) is 5.57 Å². The number of hydrogen-bond donors (Lipinski definition) is 0. The quantitative estimate of drug-likeness (QED) is 0.508. The van der Waals surface area contributed by atoms with E-state index in [9.17, 15) is 0 Å². The first-order chi connectivity index (χ1) is 12.9. The molecule has 0 heterocycles. The van der Waals surface area contributed by atoms with Crippen LogP contribution in [-0.4, -0.2) is 0 Å². The highest BCUT2D eigenvalue weighted by Gasteiger charge is 2.35.